The number of benzene rings is 2. The number of nitro benzene ring substituents is 1. The second-order valence-electron chi connectivity index (χ2n) is 6.35. The fourth-order valence-electron chi connectivity index (χ4n) is 2.64. The van der Waals surface area contributed by atoms with Gasteiger partial charge in [0.25, 0.3) is 11.6 Å². The van der Waals surface area contributed by atoms with Gasteiger partial charge >= 0.3 is 0 Å². The Bertz CT molecular complexity index is 918. The van der Waals surface area contributed by atoms with Gasteiger partial charge in [-0.1, -0.05) is 29.8 Å². The maximum atomic E-state index is 12.7. The van der Waals surface area contributed by atoms with Gasteiger partial charge in [-0.3, -0.25) is 14.9 Å². The highest BCUT2D eigenvalue weighted by Gasteiger charge is 2.17. The van der Waals surface area contributed by atoms with E-state index in [1.54, 1.807) is 17.2 Å². The van der Waals surface area contributed by atoms with Gasteiger partial charge < -0.3 is 14.1 Å². The zero-order chi connectivity index (χ0) is 19.9. The van der Waals surface area contributed by atoms with Crippen molar-refractivity contribution in [3.05, 3.63) is 93.9 Å². The number of furan rings is 1. The molecule has 0 radical (unpaired) electrons. The first-order chi connectivity index (χ1) is 13.5. The minimum absolute atomic E-state index is 0.0301. The highest BCUT2D eigenvalue weighted by Crippen LogP contribution is 2.18. The Morgan fingerprint density at radius 3 is 2.39 bits per heavy atom. The molecule has 1 aromatic heterocycles. The summed E-state index contributed by atoms with van der Waals surface area (Å²) >= 11 is 0. The number of nitrogens with zero attached hydrogens (tertiary/aromatic N) is 2. The average Bonchev–Trinajstić information content (AvgIpc) is 3.20. The molecule has 0 aliphatic heterocycles. The molecule has 0 aliphatic carbocycles. The fraction of sp³-hybridized carbons (Fsp3) is 0.190. The molecule has 0 bridgehead atoms. The summed E-state index contributed by atoms with van der Waals surface area (Å²) in [4.78, 5) is 24.6. The quantitative estimate of drug-likeness (QED) is 0.434. The SMILES string of the molecule is Cc1ccc(CN(Cc2ccco2)C(=O)COc2ccc([N+](=O)[O-])cc2)cc1. The Hall–Kier alpha value is -3.61. The molecule has 7 nitrogen and oxygen atoms in total. The second-order valence-corrected chi connectivity index (χ2v) is 6.35. The van der Waals surface area contributed by atoms with E-state index in [9.17, 15) is 14.9 Å². The summed E-state index contributed by atoms with van der Waals surface area (Å²) < 4.78 is 10.9. The van der Waals surface area contributed by atoms with Gasteiger partial charge in [0.15, 0.2) is 6.61 Å². The molecular weight excluding hydrogens is 360 g/mol. The van der Waals surface area contributed by atoms with Crippen LogP contribution < -0.4 is 4.74 Å². The van der Waals surface area contributed by atoms with Crippen LogP contribution in [0.2, 0.25) is 0 Å². The van der Waals surface area contributed by atoms with Crippen molar-refractivity contribution >= 4 is 11.6 Å². The van der Waals surface area contributed by atoms with E-state index in [4.69, 9.17) is 9.15 Å². The third kappa shape index (κ3) is 5.20. The van der Waals surface area contributed by atoms with Crippen molar-refractivity contribution in [3.63, 3.8) is 0 Å². The number of rotatable bonds is 8. The van der Waals surface area contributed by atoms with E-state index in [2.05, 4.69) is 0 Å². The molecule has 7 heteroatoms. The van der Waals surface area contributed by atoms with E-state index >= 15 is 0 Å². The van der Waals surface area contributed by atoms with Crippen molar-refractivity contribution in [2.75, 3.05) is 6.61 Å². The lowest BCUT2D eigenvalue weighted by molar-refractivity contribution is -0.384. The maximum absolute atomic E-state index is 12.7. The molecule has 1 heterocycles. The lowest BCUT2D eigenvalue weighted by Crippen LogP contribution is -2.34. The number of hydrogen-bond acceptors (Lipinski definition) is 5. The van der Waals surface area contributed by atoms with E-state index in [0.29, 0.717) is 24.6 Å². The third-order valence-electron chi connectivity index (χ3n) is 4.18. The Kier molecular flexibility index (Phi) is 6.06. The lowest BCUT2D eigenvalue weighted by Gasteiger charge is -2.22. The van der Waals surface area contributed by atoms with Crippen LogP contribution in [-0.4, -0.2) is 22.3 Å². The summed E-state index contributed by atoms with van der Waals surface area (Å²) in [5.41, 5.74) is 2.12. The molecule has 144 valence electrons. The van der Waals surface area contributed by atoms with Crippen LogP contribution >= 0.6 is 0 Å². The highest BCUT2D eigenvalue weighted by molar-refractivity contribution is 5.77. The molecule has 2 aromatic carbocycles. The molecule has 0 spiro atoms. The summed E-state index contributed by atoms with van der Waals surface area (Å²) in [6.45, 7) is 2.57. The van der Waals surface area contributed by atoms with Crippen molar-refractivity contribution in [1.82, 2.24) is 4.90 Å². The molecule has 0 N–H and O–H groups in total. The standard InChI is InChI=1S/C21H20N2O5/c1-16-4-6-17(7-5-16)13-22(14-20-3-2-12-27-20)21(24)15-28-19-10-8-18(9-11-19)23(25)26/h2-12H,13-15H2,1H3. The Morgan fingerprint density at radius 1 is 1.07 bits per heavy atom. The van der Waals surface area contributed by atoms with Crippen LogP contribution in [-0.2, 0) is 17.9 Å². The van der Waals surface area contributed by atoms with Crippen LogP contribution in [0.25, 0.3) is 0 Å². The fourth-order valence-corrected chi connectivity index (χ4v) is 2.64. The van der Waals surface area contributed by atoms with Gasteiger partial charge in [0.2, 0.25) is 0 Å². The summed E-state index contributed by atoms with van der Waals surface area (Å²) in [5.74, 6) is 0.860. The number of nitro groups is 1. The molecule has 0 fully saturated rings. The molecular formula is C21H20N2O5. The predicted octanol–water partition coefficient (Wildman–Crippen LogP) is 4.10. The van der Waals surface area contributed by atoms with Gasteiger partial charge in [-0.25, -0.2) is 0 Å². The van der Waals surface area contributed by atoms with Gasteiger partial charge in [0, 0.05) is 18.7 Å². The number of non-ortho nitro benzene ring substituents is 1. The zero-order valence-corrected chi connectivity index (χ0v) is 15.4. The van der Waals surface area contributed by atoms with E-state index in [1.165, 1.54) is 24.3 Å². The number of hydrogen-bond donors (Lipinski definition) is 0. The molecule has 28 heavy (non-hydrogen) atoms. The summed E-state index contributed by atoms with van der Waals surface area (Å²) in [6, 6.07) is 17.2. The summed E-state index contributed by atoms with van der Waals surface area (Å²) in [6.07, 6.45) is 1.57. The molecule has 0 atom stereocenters. The lowest BCUT2D eigenvalue weighted by atomic mass is 10.1. The van der Waals surface area contributed by atoms with Gasteiger partial charge in [0.05, 0.1) is 17.7 Å². The normalized spacial score (nSPS) is 10.5. The minimum Gasteiger partial charge on any atom is -0.484 e. The van der Waals surface area contributed by atoms with Crippen molar-refractivity contribution in [1.29, 1.82) is 0 Å². The van der Waals surface area contributed by atoms with Crippen LogP contribution in [0.3, 0.4) is 0 Å². The van der Waals surface area contributed by atoms with Crippen LogP contribution in [0.5, 0.6) is 5.75 Å². The second kappa shape index (κ2) is 8.85. The monoisotopic (exact) mass is 380 g/mol. The predicted molar refractivity (Wildman–Crippen MR) is 103 cm³/mol. The number of amides is 1. The van der Waals surface area contributed by atoms with E-state index < -0.39 is 4.92 Å². The zero-order valence-electron chi connectivity index (χ0n) is 15.4. The van der Waals surface area contributed by atoms with Crippen LogP contribution in [0, 0.1) is 17.0 Å². The Labute approximate surface area is 162 Å². The van der Waals surface area contributed by atoms with Crippen molar-refractivity contribution < 1.29 is 18.9 Å². The topological polar surface area (TPSA) is 85.8 Å². The number of ether oxygens (including phenoxy) is 1. The van der Waals surface area contributed by atoms with E-state index in [-0.39, 0.29) is 18.2 Å². The molecule has 3 aromatic rings. The first-order valence-corrected chi connectivity index (χ1v) is 8.74. The van der Waals surface area contributed by atoms with Crippen LogP contribution in [0.1, 0.15) is 16.9 Å². The average molecular weight is 380 g/mol. The van der Waals surface area contributed by atoms with Gasteiger partial charge in [-0.2, -0.15) is 0 Å². The highest BCUT2D eigenvalue weighted by atomic mass is 16.6. The van der Waals surface area contributed by atoms with E-state index in [0.717, 1.165) is 11.1 Å². The third-order valence-corrected chi connectivity index (χ3v) is 4.18. The first kappa shape index (κ1) is 19.2. The van der Waals surface area contributed by atoms with Gasteiger partial charge in [-0.15, -0.1) is 0 Å². The van der Waals surface area contributed by atoms with Crippen LogP contribution in [0.4, 0.5) is 5.69 Å². The molecule has 3 rings (SSSR count). The van der Waals surface area contributed by atoms with Crippen molar-refractivity contribution in [3.8, 4) is 5.75 Å². The first-order valence-electron chi connectivity index (χ1n) is 8.74. The largest absolute Gasteiger partial charge is 0.484 e. The molecule has 0 saturated carbocycles. The smallest absolute Gasteiger partial charge is 0.269 e. The van der Waals surface area contributed by atoms with Crippen molar-refractivity contribution in [2.45, 2.75) is 20.0 Å². The van der Waals surface area contributed by atoms with Crippen molar-refractivity contribution in [2.24, 2.45) is 0 Å². The Morgan fingerprint density at radius 2 is 1.79 bits per heavy atom. The number of carbonyl (C=O) groups is 1. The molecule has 1 amide bonds. The number of carbonyl (C=O) groups excluding carboxylic acids is 1. The molecule has 0 unspecified atom stereocenters. The summed E-state index contributed by atoms with van der Waals surface area (Å²) in [7, 11) is 0. The molecule has 0 aliphatic rings. The number of aryl methyl sites for hydroxylation is 1. The van der Waals surface area contributed by atoms with E-state index in [1.807, 2.05) is 37.3 Å². The molecule has 0 saturated heterocycles. The van der Waals surface area contributed by atoms with Gasteiger partial charge in [-0.05, 0) is 36.8 Å². The maximum Gasteiger partial charge on any atom is 0.269 e. The minimum atomic E-state index is -0.485. The van der Waals surface area contributed by atoms with Gasteiger partial charge in [0.1, 0.15) is 11.5 Å². The Balaban J connectivity index is 1.66. The van der Waals surface area contributed by atoms with Crippen LogP contribution in [0.15, 0.2) is 71.3 Å². The summed E-state index contributed by atoms with van der Waals surface area (Å²) in [5, 5.41) is 10.7.